The van der Waals surface area contributed by atoms with Crippen LogP contribution < -0.4 is 5.32 Å². The minimum Gasteiger partial charge on any atom is -0.317 e. The third-order valence-electron chi connectivity index (χ3n) is 3.66. The van der Waals surface area contributed by atoms with Gasteiger partial charge in [-0.2, -0.15) is 5.10 Å². The number of hydrogen-bond donors (Lipinski definition) is 1. The molecular weight excluding hydrogens is 198 g/mol. The van der Waals surface area contributed by atoms with Gasteiger partial charge in [-0.1, -0.05) is 6.92 Å². The van der Waals surface area contributed by atoms with E-state index in [2.05, 4.69) is 41.2 Å². The van der Waals surface area contributed by atoms with Gasteiger partial charge in [0.2, 0.25) is 0 Å². The Morgan fingerprint density at radius 3 is 2.94 bits per heavy atom. The van der Waals surface area contributed by atoms with E-state index < -0.39 is 0 Å². The maximum absolute atomic E-state index is 4.67. The number of rotatable bonds is 4. The Morgan fingerprint density at radius 1 is 1.50 bits per heavy atom. The molecule has 0 spiro atoms. The predicted octanol–water partition coefficient (Wildman–Crippen LogP) is 2.40. The van der Waals surface area contributed by atoms with Crippen molar-refractivity contribution in [2.24, 2.45) is 5.92 Å². The Labute approximate surface area is 98.2 Å². The van der Waals surface area contributed by atoms with E-state index in [1.807, 2.05) is 0 Å². The molecule has 2 rings (SSSR count). The minimum atomic E-state index is 0.529. The molecule has 90 valence electrons. The standard InChI is InChI=1S/C13H23N3/c1-3-11(2)16-9-6-13(15-16)10-12-4-7-14-8-5-12/h6,9,11-12,14H,3-5,7-8,10H2,1-2H3. The van der Waals surface area contributed by atoms with E-state index in [4.69, 9.17) is 0 Å². The van der Waals surface area contributed by atoms with E-state index >= 15 is 0 Å². The summed E-state index contributed by atoms with van der Waals surface area (Å²) < 4.78 is 2.11. The van der Waals surface area contributed by atoms with Crippen molar-refractivity contribution >= 4 is 0 Å². The maximum Gasteiger partial charge on any atom is 0.0627 e. The number of nitrogens with zero attached hydrogens (tertiary/aromatic N) is 2. The fourth-order valence-electron chi connectivity index (χ4n) is 2.30. The van der Waals surface area contributed by atoms with Crippen molar-refractivity contribution in [1.82, 2.24) is 15.1 Å². The van der Waals surface area contributed by atoms with Gasteiger partial charge in [0.25, 0.3) is 0 Å². The van der Waals surface area contributed by atoms with Gasteiger partial charge in [-0.15, -0.1) is 0 Å². The highest BCUT2D eigenvalue weighted by Gasteiger charge is 2.15. The lowest BCUT2D eigenvalue weighted by atomic mass is 9.93. The number of aromatic nitrogens is 2. The molecule has 0 saturated carbocycles. The smallest absolute Gasteiger partial charge is 0.0627 e. The predicted molar refractivity (Wildman–Crippen MR) is 66.5 cm³/mol. The molecule has 0 amide bonds. The Balaban J connectivity index is 1.91. The largest absolute Gasteiger partial charge is 0.317 e. The molecule has 1 aliphatic rings. The van der Waals surface area contributed by atoms with Gasteiger partial charge in [0.15, 0.2) is 0 Å². The first-order valence-corrected chi connectivity index (χ1v) is 6.54. The van der Waals surface area contributed by atoms with E-state index in [0.29, 0.717) is 6.04 Å². The van der Waals surface area contributed by atoms with Crippen molar-refractivity contribution in [3.05, 3.63) is 18.0 Å². The Hall–Kier alpha value is -0.830. The summed E-state index contributed by atoms with van der Waals surface area (Å²) in [6.07, 6.45) is 7.04. The summed E-state index contributed by atoms with van der Waals surface area (Å²) in [6.45, 7) is 6.79. The molecule has 0 bridgehead atoms. The van der Waals surface area contributed by atoms with Crippen LogP contribution >= 0.6 is 0 Å². The molecule has 3 nitrogen and oxygen atoms in total. The second-order valence-electron chi connectivity index (χ2n) is 4.94. The molecule has 1 aromatic rings. The van der Waals surface area contributed by atoms with Gasteiger partial charge in [0, 0.05) is 12.2 Å². The van der Waals surface area contributed by atoms with Crippen LogP contribution in [-0.4, -0.2) is 22.9 Å². The monoisotopic (exact) mass is 221 g/mol. The summed E-state index contributed by atoms with van der Waals surface area (Å²) in [5.41, 5.74) is 1.27. The van der Waals surface area contributed by atoms with Gasteiger partial charge in [-0.05, 0) is 57.7 Å². The molecule has 1 saturated heterocycles. The summed E-state index contributed by atoms with van der Waals surface area (Å²) in [5, 5.41) is 8.08. The van der Waals surface area contributed by atoms with E-state index in [-0.39, 0.29) is 0 Å². The SMILES string of the molecule is CCC(C)n1ccc(CC2CCNCC2)n1. The molecule has 0 aromatic carbocycles. The highest BCUT2D eigenvalue weighted by molar-refractivity contribution is 5.01. The Bertz CT molecular complexity index is 313. The van der Waals surface area contributed by atoms with E-state index in [1.165, 1.54) is 31.6 Å². The van der Waals surface area contributed by atoms with Crippen LogP contribution in [0.15, 0.2) is 12.3 Å². The van der Waals surface area contributed by atoms with E-state index in [0.717, 1.165) is 18.8 Å². The van der Waals surface area contributed by atoms with Crippen LogP contribution in [0.4, 0.5) is 0 Å². The average molecular weight is 221 g/mol. The second-order valence-corrected chi connectivity index (χ2v) is 4.94. The van der Waals surface area contributed by atoms with Gasteiger partial charge in [-0.25, -0.2) is 0 Å². The first-order chi connectivity index (χ1) is 7.79. The normalized spacial score (nSPS) is 19.9. The number of piperidine rings is 1. The summed E-state index contributed by atoms with van der Waals surface area (Å²) >= 11 is 0. The fourth-order valence-corrected chi connectivity index (χ4v) is 2.30. The lowest BCUT2D eigenvalue weighted by Crippen LogP contribution is -2.28. The van der Waals surface area contributed by atoms with Crippen LogP contribution in [0, 0.1) is 5.92 Å². The Morgan fingerprint density at radius 2 is 2.25 bits per heavy atom. The van der Waals surface area contributed by atoms with Crippen LogP contribution in [0.3, 0.4) is 0 Å². The van der Waals surface area contributed by atoms with Gasteiger partial charge < -0.3 is 5.32 Å². The maximum atomic E-state index is 4.67. The first kappa shape index (κ1) is 11.6. The Kier molecular flexibility index (Phi) is 3.99. The molecule has 1 aliphatic heterocycles. The van der Waals surface area contributed by atoms with Crippen molar-refractivity contribution in [3.8, 4) is 0 Å². The van der Waals surface area contributed by atoms with Gasteiger partial charge in [0.1, 0.15) is 0 Å². The highest BCUT2D eigenvalue weighted by atomic mass is 15.3. The van der Waals surface area contributed by atoms with Crippen LogP contribution in [0.5, 0.6) is 0 Å². The van der Waals surface area contributed by atoms with Crippen molar-refractivity contribution in [1.29, 1.82) is 0 Å². The zero-order valence-corrected chi connectivity index (χ0v) is 10.4. The van der Waals surface area contributed by atoms with E-state index in [9.17, 15) is 0 Å². The minimum absolute atomic E-state index is 0.529. The van der Waals surface area contributed by atoms with Crippen LogP contribution in [0.25, 0.3) is 0 Å². The van der Waals surface area contributed by atoms with Crippen molar-refractivity contribution < 1.29 is 0 Å². The lowest BCUT2D eigenvalue weighted by Gasteiger charge is -2.21. The van der Waals surface area contributed by atoms with Crippen LogP contribution in [-0.2, 0) is 6.42 Å². The zero-order valence-electron chi connectivity index (χ0n) is 10.4. The molecule has 3 heteroatoms. The van der Waals surface area contributed by atoms with E-state index in [1.54, 1.807) is 0 Å². The molecule has 1 atom stereocenters. The van der Waals surface area contributed by atoms with Gasteiger partial charge in [-0.3, -0.25) is 4.68 Å². The molecule has 1 unspecified atom stereocenters. The fraction of sp³-hybridized carbons (Fsp3) is 0.769. The van der Waals surface area contributed by atoms with Gasteiger partial charge in [0.05, 0.1) is 5.69 Å². The third kappa shape index (κ3) is 2.85. The number of nitrogens with one attached hydrogen (secondary N) is 1. The average Bonchev–Trinajstić information content (AvgIpc) is 2.78. The molecule has 1 fully saturated rings. The molecule has 0 radical (unpaired) electrons. The second kappa shape index (κ2) is 5.48. The molecule has 0 aliphatic carbocycles. The summed E-state index contributed by atoms with van der Waals surface area (Å²) in [7, 11) is 0. The third-order valence-corrected chi connectivity index (χ3v) is 3.66. The summed E-state index contributed by atoms with van der Waals surface area (Å²) in [4.78, 5) is 0. The molecular formula is C13H23N3. The van der Waals surface area contributed by atoms with Crippen molar-refractivity contribution in [2.75, 3.05) is 13.1 Å². The summed E-state index contributed by atoms with van der Waals surface area (Å²) in [6, 6.07) is 2.72. The quantitative estimate of drug-likeness (QED) is 0.846. The molecule has 16 heavy (non-hydrogen) atoms. The van der Waals surface area contributed by atoms with Crippen LogP contribution in [0.2, 0.25) is 0 Å². The van der Waals surface area contributed by atoms with Gasteiger partial charge >= 0.3 is 0 Å². The molecule has 1 aromatic heterocycles. The lowest BCUT2D eigenvalue weighted by molar-refractivity contribution is 0.367. The topological polar surface area (TPSA) is 29.9 Å². The van der Waals surface area contributed by atoms with Crippen LogP contribution in [0.1, 0.15) is 44.8 Å². The molecule has 2 heterocycles. The summed E-state index contributed by atoms with van der Waals surface area (Å²) in [5.74, 6) is 0.835. The molecule has 1 N–H and O–H groups in total. The van der Waals surface area contributed by atoms with Crippen molar-refractivity contribution in [2.45, 2.75) is 45.6 Å². The number of hydrogen-bond acceptors (Lipinski definition) is 2. The zero-order chi connectivity index (χ0) is 11.4. The first-order valence-electron chi connectivity index (χ1n) is 6.54. The highest BCUT2D eigenvalue weighted by Crippen LogP contribution is 2.18. The van der Waals surface area contributed by atoms with Crippen molar-refractivity contribution in [3.63, 3.8) is 0 Å².